The number of amides is 1. The van der Waals surface area contributed by atoms with Crippen molar-refractivity contribution in [1.29, 1.82) is 0 Å². The van der Waals surface area contributed by atoms with Crippen LogP contribution in [0.1, 0.15) is 44.9 Å². The van der Waals surface area contributed by atoms with E-state index in [4.69, 9.17) is 10.5 Å². The normalized spacial score (nSPS) is 46.2. The fraction of sp³-hybridized carbons (Fsp3) is 0.941. The van der Waals surface area contributed by atoms with E-state index in [-0.39, 0.29) is 5.92 Å². The Balaban J connectivity index is 1.49. The second-order valence-corrected chi connectivity index (χ2v) is 7.76. The fourth-order valence-electron chi connectivity index (χ4n) is 5.87. The quantitative estimate of drug-likeness (QED) is 0.801. The first-order valence-electron chi connectivity index (χ1n) is 8.83. The van der Waals surface area contributed by atoms with Crippen LogP contribution in [0.25, 0.3) is 0 Å². The molecule has 1 saturated heterocycles. The topological polar surface area (TPSA) is 55.6 Å². The van der Waals surface area contributed by atoms with Crippen LogP contribution >= 0.6 is 0 Å². The Hall–Kier alpha value is -0.610. The molecule has 1 amide bonds. The maximum Gasteiger partial charge on any atom is 0.225 e. The van der Waals surface area contributed by atoms with Gasteiger partial charge in [0.25, 0.3) is 0 Å². The summed E-state index contributed by atoms with van der Waals surface area (Å²) in [5.41, 5.74) is 6.92. The molecule has 1 heterocycles. The third-order valence-electron chi connectivity index (χ3n) is 6.95. The average molecular weight is 292 g/mol. The van der Waals surface area contributed by atoms with Crippen LogP contribution in [0.2, 0.25) is 0 Å². The lowest BCUT2D eigenvalue weighted by molar-refractivity contribution is -0.143. The van der Waals surface area contributed by atoms with Gasteiger partial charge < -0.3 is 15.4 Å². The van der Waals surface area contributed by atoms with E-state index in [0.717, 1.165) is 37.8 Å². The van der Waals surface area contributed by atoms with Gasteiger partial charge in [0, 0.05) is 25.0 Å². The van der Waals surface area contributed by atoms with Crippen LogP contribution in [-0.4, -0.2) is 43.2 Å². The predicted octanol–water partition coefficient (Wildman–Crippen LogP) is 1.78. The summed E-state index contributed by atoms with van der Waals surface area (Å²) in [5.74, 6) is 2.15. The van der Waals surface area contributed by atoms with Crippen molar-refractivity contribution in [2.24, 2.45) is 28.9 Å². The Bertz CT molecular complexity index is 417. The zero-order valence-electron chi connectivity index (χ0n) is 12.9. The van der Waals surface area contributed by atoms with Gasteiger partial charge in [0.2, 0.25) is 5.91 Å². The van der Waals surface area contributed by atoms with Gasteiger partial charge in [-0.3, -0.25) is 4.79 Å². The molecule has 1 spiro atoms. The zero-order valence-corrected chi connectivity index (χ0v) is 12.9. The Morgan fingerprint density at radius 3 is 2.71 bits per heavy atom. The van der Waals surface area contributed by atoms with Crippen molar-refractivity contribution in [1.82, 2.24) is 4.90 Å². The number of hydrogen-bond acceptors (Lipinski definition) is 3. The monoisotopic (exact) mass is 292 g/mol. The summed E-state index contributed by atoms with van der Waals surface area (Å²) in [4.78, 5) is 14.9. The third kappa shape index (κ3) is 2.14. The van der Waals surface area contributed by atoms with Crippen LogP contribution in [0.4, 0.5) is 0 Å². The molecule has 2 N–H and O–H groups in total. The SMILES string of the molecule is N[C@H]1[C@H]2CC[C@H](C2)[C@@]12CCCC(C(=O)N1CCOCC1)C2. The Morgan fingerprint density at radius 1 is 1.19 bits per heavy atom. The van der Waals surface area contributed by atoms with Gasteiger partial charge >= 0.3 is 0 Å². The van der Waals surface area contributed by atoms with E-state index in [2.05, 4.69) is 0 Å². The molecule has 21 heavy (non-hydrogen) atoms. The van der Waals surface area contributed by atoms with Gasteiger partial charge in [0.05, 0.1) is 13.2 Å². The molecule has 0 radical (unpaired) electrons. The molecule has 2 bridgehead atoms. The van der Waals surface area contributed by atoms with Gasteiger partial charge in [0.1, 0.15) is 0 Å². The molecule has 1 unspecified atom stereocenters. The van der Waals surface area contributed by atoms with Crippen LogP contribution in [0.3, 0.4) is 0 Å². The predicted molar refractivity (Wildman–Crippen MR) is 80.6 cm³/mol. The molecule has 0 aromatic carbocycles. The minimum atomic E-state index is 0.224. The molecule has 5 atom stereocenters. The third-order valence-corrected chi connectivity index (χ3v) is 6.95. The first kappa shape index (κ1) is 14.0. The lowest BCUT2D eigenvalue weighted by Crippen LogP contribution is -2.52. The molecule has 3 saturated carbocycles. The number of nitrogens with zero attached hydrogens (tertiary/aromatic N) is 1. The van der Waals surface area contributed by atoms with E-state index in [1.807, 2.05) is 4.90 Å². The lowest BCUT2D eigenvalue weighted by atomic mass is 9.59. The average Bonchev–Trinajstić information content (AvgIpc) is 3.11. The van der Waals surface area contributed by atoms with Gasteiger partial charge in [-0.1, -0.05) is 6.42 Å². The number of rotatable bonds is 1. The molecule has 118 valence electrons. The number of nitrogens with two attached hydrogens (primary N) is 1. The number of ether oxygens (including phenoxy) is 1. The van der Waals surface area contributed by atoms with Crippen LogP contribution in [0.15, 0.2) is 0 Å². The van der Waals surface area contributed by atoms with Crippen LogP contribution in [0, 0.1) is 23.2 Å². The second-order valence-electron chi connectivity index (χ2n) is 7.76. The highest BCUT2D eigenvalue weighted by Gasteiger charge is 2.58. The lowest BCUT2D eigenvalue weighted by Gasteiger charge is -2.48. The number of carbonyl (C=O) groups excluding carboxylic acids is 1. The minimum absolute atomic E-state index is 0.224. The molecule has 4 aliphatic rings. The molecule has 0 aromatic rings. The highest BCUT2D eigenvalue weighted by atomic mass is 16.5. The maximum absolute atomic E-state index is 12.8. The van der Waals surface area contributed by atoms with Crippen molar-refractivity contribution in [2.75, 3.05) is 26.3 Å². The Labute approximate surface area is 127 Å². The van der Waals surface area contributed by atoms with Crippen molar-refractivity contribution >= 4 is 5.91 Å². The van der Waals surface area contributed by atoms with Gasteiger partial charge in [0.15, 0.2) is 0 Å². The molecular formula is C17H28N2O2. The summed E-state index contributed by atoms with van der Waals surface area (Å²) in [6.45, 7) is 2.96. The molecule has 4 fully saturated rings. The standard InChI is InChI=1S/C17H28N2O2/c18-15-12-3-4-14(10-12)17(15)5-1-2-13(11-17)16(20)19-6-8-21-9-7-19/h12-15H,1-11,18H2/t12-,13?,14+,15-,17-/m0/s1. The van der Waals surface area contributed by atoms with E-state index in [9.17, 15) is 4.79 Å². The van der Waals surface area contributed by atoms with Gasteiger partial charge in [-0.25, -0.2) is 0 Å². The van der Waals surface area contributed by atoms with E-state index >= 15 is 0 Å². The summed E-state index contributed by atoms with van der Waals surface area (Å²) < 4.78 is 5.37. The first-order valence-corrected chi connectivity index (χ1v) is 8.83. The summed E-state index contributed by atoms with van der Waals surface area (Å²) in [6, 6.07) is 0.358. The molecule has 1 aliphatic heterocycles. The van der Waals surface area contributed by atoms with Gasteiger partial charge in [-0.15, -0.1) is 0 Å². The van der Waals surface area contributed by atoms with Crippen LogP contribution in [-0.2, 0) is 9.53 Å². The van der Waals surface area contributed by atoms with Crippen LogP contribution < -0.4 is 5.73 Å². The van der Waals surface area contributed by atoms with Crippen molar-refractivity contribution in [3.05, 3.63) is 0 Å². The van der Waals surface area contributed by atoms with Crippen molar-refractivity contribution in [3.63, 3.8) is 0 Å². The zero-order chi connectivity index (χ0) is 14.4. The highest BCUT2D eigenvalue weighted by molar-refractivity contribution is 5.79. The Kier molecular flexibility index (Phi) is 3.49. The smallest absolute Gasteiger partial charge is 0.225 e. The van der Waals surface area contributed by atoms with E-state index in [1.54, 1.807) is 0 Å². The summed E-state index contributed by atoms with van der Waals surface area (Å²) in [6.07, 6.45) is 8.61. The number of carbonyl (C=O) groups is 1. The largest absolute Gasteiger partial charge is 0.378 e. The number of morpholine rings is 1. The number of fused-ring (bicyclic) bond motifs is 3. The summed E-state index contributed by atoms with van der Waals surface area (Å²) in [5, 5.41) is 0. The van der Waals surface area contributed by atoms with Gasteiger partial charge in [-0.2, -0.15) is 0 Å². The maximum atomic E-state index is 12.8. The molecule has 0 aromatic heterocycles. The van der Waals surface area contributed by atoms with E-state index < -0.39 is 0 Å². The molecule has 4 heteroatoms. The first-order chi connectivity index (χ1) is 10.2. The molecule has 4 nitrogen and oxygen atoms in total. The van der Waals surface area contributed by atoms with Crippen molar-refractivity contribution in [3.8, 4) is 0 Å². The number of hydrogen-bond donors (Lipinski definition) is 1. The molecule has 3 aliphatic carbocycles. The molecular weight excluding hydrogens is 264 g/mol. The Morgan fingerprint density at radius 2 is 2.00 bits per heavy atom. The van der Waals surface area contributed by atoms with Crippen molar-refractivity contribution in [2.45, 2.75) is 51.0 Å². The van der Waals surface area contributed by atoms with Gasteiger partial charge in [-0.05, 0) is 55.8 Å². The van der Waals surface area contributed by atoms with E-state index in [1.165, 1.54) is 32.1 Å². The summed E-state index contributed by atoms with van der Waals surface area (Å²) in [7, 11) is 0. The highest BCUT2D eigenvalue weighted by Crippen LogP contribution is 2.61. The fourth-order valence-corrected chi connectivity index (χ4v) is 5.87. The summed E-state index contributed by atoms with van der Waals surface area (Å²) >= 11 is 0. The molecule has 4 rings (SSSR count). The van der Waals surface area contributed by atoms with E-state index in [0.29, 0.717) is 30.6 Å². The van der Waals surface area contributed by atoms with Crippen LogP contribution in [0.5, 0.6) is 0 Å². The minimum Gasteiger partial charge on any atom is -0.378 e. The van der Waals surface area contributed by atoms with Crippen molar-refractivity contribution < 1.29 is 9.53 Å². The second kappa shape index (κ2) is 5.24.